The van der Waals surface area contributed by atoms with E-state index in [0.29, 0.717) is 0 Å². The van der Waals surface area contributed by atoms with E-state index in [1.807, 2.05) is 6.08 Å². The predicted octanol–water partition coefficient (Wildman–Crippen LogP) is 3.80. The quantitative estimate of drug-likeness (QED) is 0.564. The van der Waals surface area contributed by atoms with Gasteiger partial charge in [0.1, 0.15) is 0 Å². The minimum Gasteiger partial charge on any atom is -0.330 e. The zero-order valence-electron chi connectivity index (χ0n) is 7.92. The molecule has 0 bridgehead atoms. The first-order valence-electron chi connectivity index (χ1n) is 4.47. The minimum absolute atomic E-state index is 1.14. The molecule has 1 N–H and O–H groups in total. The summed E-state index contributed by atoms with van der Waals surface area (Å²) in [6.07, 6.45) is 3.05. The third-order valence-corrected chi connectivity index (χ3v) is 2.64. The van der Waals surface area contributed by atoms with Gasteiger partial charge in [0, 0.05) is 11.4 Å². The highest BCUT2D eigenvalue weighted by atomic mass is 32.2. The van der Waals surface area contributed by atoms with E-state index in [1.165, 1.54) is 6.42 Å². The van der Waals surface area contributed by atoms with Crippen LogP contribution in [0.4, 0.5) is 5.69 Å². The van der Waals surface area contributed by atoms with Crippen LogP contribution in [0.3, 0.4) is 0 Å². The summed E-state index contributed by atoms with van der Waals surface area (Å²) in [5, 5.41) is 0. The van der Waals surface area contributed by atoms with Gasteiger partial charge in [-0.15, -0.1) is 0 Å². The summed E-state index contributed by atoms with van der Waals surface area (Å²) in [6, 6.07) is 8.25. The molecule has 0 saturated heterocycles. The Morgan fingerprint density at radius 2 is 2.08 bits per heavy atom. The van der Waals surface area contributed by atoms with E-state index in [2.05, 4.69) is 42.5 Å². The van der Waals surface area contributed by atoms with E-state index >= 15 is 0 Å². The van der Waals surface area contributed by atoms with Gasteiger partial charge in [-0.25, -0.2) is 0 Å². The lowest BCUT2D eigenvalue weighted by atomic mass is 10.2. The van der Waals surface area contributed by atoms with Gasteiger partial charge in [0.15, 0.2) is 0 Å². The summed E-state index contributed by atoms with van der Waals surface area (Å²) >= 11 is 1.74. The van der Waals surface area contributed by atoms with Gasteiger partial charge in [0.25, 0.3) is 0 Å². The van der Waals surface area contributed by atoms with Crippen molar-refractivity contribution in [2.75, 3.05) is 10.5 Å². The molecule has 0 aliphatic carbocycles. The SMILES string of the molecule is C=Cc1ccc(NSCCC)cc1. The summed E-state index contributed by atoms with van der Waals surface area (Å²) in [5.41, 5.74) is 2.31. The molecule has 0 fully saturated rings. The zero-order valence-corrected chi connectivity index (χ0v) is 8.73. The lowest BCUT2D eigenvalue weighted by Gasteiger charge is -2.03. The minimum atomic E-state index is 1.14. The molecule has 0 atom stereocenters. The van der Waals surface area contributed by atoms with Crippen LogP contribution in [0, 0.1) is 0 Å². The predicted molar refractivity (Wildman–Crippen MR) is 62.9 cm³/mol. The first-order valence-corrected chi connectivity index (χ1v) is 5.45. The van der Waals surface area contributed by atoms with Gasteiger partial charge in [-0.2, -0.15) is 0 Å². The van der Waals surface area contributed by atoms with Crippen molar-refractivity contribution in [3.8, 4) is 0 Å². The Bertz CT molecular complexity index is 253. The molecule has 0 spiro atoms. The zero-order chi connectivity index (χ0) is 9.52. The first kappa shape index (κ1) is 10.2. The first-order chi connectivity index (χ1) is 6.36. The van der Waals surface area contributed by atoms with Crippen molar-refractivity contribution in [3.05, 3.63) is 36.4 Å². The summed E-state index contributed by atoms with van der Waals surface area (Å²) in [5.74, 6) is 1.14. The molecular formula is C11H15NS. The third kappa shape index (κ3) is 3.55. The van der Waals surface area contributed by atoms with E-state index in [4.69, 9.17) is 0 Å². The van der Waals surface area contributed by atoms with Crippen LogP contribution < -0.4 is 4.72 Å². The lowest BCUT2D eigenvalue weighted by molar-refractivity contribution is 1.11. The van der Waals surface area contributed by atoms with Crippen molar-refractivity contribution in [3.63, 3.8) is 0 Å². The normalized spacial score (nSPS) is 9.62. The number of hydrogen-bond donors (Lipinski definition) is 1. The van der Waals surface area contributed by atoms with Crippen molar-refractivity contribution in [1.82, 2.24) is 0 Å². The van der Waals surface area contributed by atoms with Gasteiger partial charge in [-0.05, 0) is 24.1 Å². The molecule has 2 heteroatoms. The Balaban J connectivity index is 2.44. The Labute approximate surface area is 84.4 Å². The van der Waals surface area contributed by atoms with Crippen molar-refractivity contribution in [2.24, 2.45) is 0 Å². The molecule has 0 aromatic heterocycles. The fourth-order valence-electron chi connectivity index (χ4n) is 0.924. The second-order valence-electron chi connectivity index (χ2n) is 2.78. The van der Waals surface area contributed by atoms with Gasteiger partial charge in [0.05, 0.1) is 0 Å². The molecular weight excluding hydrogens is 178 g/mol. The maximum Gasteiger partial charge on any atom is 0.0440 e. The Morgan fingerprint density at radius 1 is 1.38 bits per heavy atom. The molecule has 0 aliphatic heterocycles. The average Bonchev–Trinajstić information content (AvgIpc) is 2.19. The van der Waals surface area contributed by atoms with E-state index in [9.17, 15) is 0 Å². The number of nitrogens with one attached hydrogen (secondary N) is 1. The van der Waals surface area contributed by atoms with Crippen molar-refractivity contribution >= 4 is 23.7 Å². The van der Waals surface area contributed by atoms with Crippen LogP contribution in [0.2, 0.25) is 0 Å². The molecule has 13 heavy (non-hydrogen) atoms. The van der Waals surface area contributed by atoms with Gasteiger partial charge in [0.2, 0.25) is 0 Å². The van der Waals surface area contributed by atoms with Gasteiger partial charge in [-0.3, -0.25) is 0 Å². The molecule has 1 nitrogen and oxygen atoms in total. The molecule has 0 unspecified atom stereocenters. The highest BCUT2D eigenvalue weighted by molar-refractivity contribution is 8.00. The van der Waals surface area contributed by atoms with Crippen LogP contribution in [-0.2, 0) is 0 Å². The van der Waals surface area contributed by atoms with Crippen molar-refractivity contribution in [1.29, 1.82) is 0 Å². The average molecular weight is 193 g/mol. The largest absolute Gasteiger partial charge is 0.330 e. The molecule has 70 valence electrons. The van der Waals surface area contributed by atoms with E-state index in [1.54, 1.807) is 11.9 Å². The summed E-state index contributed by atoms with van der Waals surface area (Å²) < 4.78 is 3.28. The highest BCUT2D eigenvalue weighted by Gasteiger charge is 1.90. The van der Waals surface area contributed by atoms with Crippen LogP contribution in [0.15, 0.2) is 30.8 Å². The standard InChI is InChI=1S/C11H15NS/c1-3-9-13-12-11-7-5-10(4-2)6-8-11/h4-8,12H,2-3,9H2,1H3. The molecule has 1 rings (SSSR count). The van der Waals surface area contributed by atoms with Crippen LogP contribution in [0.25, 0.3) is 6.08 Å². The Hall–Kier alpha value is -0.890. The molecule has 0 aliphatic rings. The number of benzene rings is 1. The van der Waals surface area contributed by atoms with Crippen LogP contribution >= 0.6 is 11.9 Å². The van der Waals surface area contributed by atoms with Crippen LogP contribution in [-0.4, -0.2) is 5.75 Å². The molecule has 1 aromatic carbocycles. The summed E-state index contributed by atoms with van der Waals surface area (Å²) in [7, 11) is 0. The fraction of sp³-hybridized carbons (Fsp3) is 0.273. The van der Waals surface area contributed by atoms with E-state index < -0.39 is 0 Å². The lowest BCUT2D eigenvalue weighted by Crippen LogP contribution is -1.87. The number of hydrogen-bond acceptors (Lipinski definition) is 2. The molecule has 1 aromatic rings. The Morgan fingerprint density at radius 3 is 2.62 bits per heavy atom. The van der Waals surface area contributed by atoms with Crippen molar-refractivity contribution < 1.29 is 0 Å². The van der Waals surface area contributed by atoms with Crippen LogP contribution in [0.5, 0.6) is 0 Å². The second kappa shape index (κ2) is 5.70. The van der Waals surface area contributed by atoms with E-state index in [0.717, 1.165) is 17.0 Å². The smallest absolute Gasteiger partial charge is 0.0440 e. The topological polar surface area (TPSA) is 12.0 Å². The monoisotopic (exact) mass is 193 g/mol. The maximum absolute atomic E-state index is 3.71. The third-order valence-electron chi connectivity index (χ3n) is 1.64. The fourth-order valence-corrected chi connectivity index (χ4v) is 1.53. The number of rotatable bonds is 5. The van der Waals surface area contributed by atoms with Gasteiger partial charge < -0.3 is 4.72 Å². The Kier molecular flexibility index (Phi) is 4.47. The summed E-state index contributed by atoms with van der Waals surface area (Å²) in [4.78, 5) is 0. The molecule has 0 radical (unpaired) electrons. The second-order valence-corrected chi connectivity index (χ2v) is 3.68. The van der Waals surface area contributed by atoms with Gasteiger partial charge >= 0.3 is 0 Å². The van der Waals surface area contributed by atoms with Crippen LogP contribution in [0.1, 0.15) is 18.9 Å². The molecule has 0 amide bonds. The van der Waals surface area contributed by atoms with E-state index in [-0.39, 0.29) is 0 Å². The number of anilines is 1. The maximum atomic E-state index is 3.71. The highest BCUT2D eigenvalue weighted by Crippen LogP contribution is 2.14. The summed E-state index contributed by atoms with van der Waals surface area (Å²) in [6.45, 7) is 5.89. The van der Waals surface area contributed by atoms with Crippen molar-refractivity contribution in [2.45, 2.75) is 13.3 Å². The molecule has 0 saturated carbocycles. The molecule has 0 heterocycles. The van der Waals surface area contributed by atoms with Gasteiger partial charge in [-0.1, -0.05) is 43.7 Å².